The van der Waals surface area contributed by atoms with Crippen molar-refractivity contribution < 1.29 is 0 Å². The molecule has 0 saturated heterocycles. The Kier molecular flexibility index (Phi) is 5.40. The first kappa shape index (κ1) is 15.7. The number of anilines is 2. The van der Waals surface area contributed by atoms with Gasteiger partial charge < -0.3 is 10.6 Å². The Morgan fingerprint density at radius 1 is 1.04 bits per heavy atom. The average molecular weight is 311 g/mol. The molecule has 122 valence electrons. The Morgan fingerprint density at radius 3 is 2.52 bits per heavy atom. The van der Waals surface area contributed by atoms with Gasteiger partial charge in [0.2, 0.25) is 5.95 Å². The number of aromatic nitrogens is 3. The molecule has 1 saturated carbocycles. The van der Waals surface area contributed by atoms with Crippen LogP contribution in [0.2, 0.25) is 0 Å². The molecule has 1 fully saturated rings. The average Bonchev–Trinajstić information content (AvgIpc) is 2.83. The molecule has 5 heteroatoms. The predicted molar refractivity (Wildman–Crippen MR) is 93.4 cm³/mol. The van der Waals surface area contributed by atoms with Crippen LogP contribution in [0.5, 0.6) is 0 Å². The number of hydrogen-bond acceptors (Lipinski definition) is 5. The van der Waals surface area contributed by atoms with Gasteiger partial charge in [-0.3, -0.25) is 0 Å². The van der Waals surface area contributed by atoms with Gasteiger partial charge in [0.15, 0.2) is 5.82 Å². The Bertz CT molecular complexity index is 603. The van der Waals surface area contributed by atoms with Gasteiger partial charge in [-0.2, -0.15) is 10.1 Å². The fraction of sp³-hybridized carbons (Fsp3) is 0.500. The molecule has 0 spiro atoms. The Morgan fingerprint density at radius 2 is 1.78 bits per heavy atom. The molecule has 0 radical (unpaired) electrons. The molecule has 0 aliphatic heterocycles. The summed E-state index contributed by atoms with van der Waals surface area (Å²) in [6.07, 6.45) is 9.45. The number of nitrogens with zero attached hydrogens (tertiary/aromatic N) is 3. The van der Waals surface area contributed by atoms with Gasteiger partial charge in [0.1, 0.15) is 0 Å². The van der Waals surface area contributed by atoms with Gasteiger partial charge in [0, 0.05) is 12.6 Å². The van der Waals surface area contributed by atoms with Crippen LogP contribution in [0.25, 0.3) is 0 Å². The predicted octanol–water partition coefficient (Wildman–Crippen LogP) is 3.93. The van der Waals surface area contributed by atoms with E-state index < -0.39 is 0 Å². The Labute approximate surface area is 137 Å². The largest absolute Gasteiger partial charge is 0.366 e. The number of nitrogens with one attached hydrogen (secondary N) is 2. The molecule has 23 heavy (non-hydrogen) atoms. The lowest BCUT2D eigenvalue weighted by atomic mass is 10.1. The molecule has 0 atom stereocenters. The van der Waals surface area contributed by atoms with Crippen LogP contribution in [0.1, 0.15) is 49.7 Å². The maximum Gasteiger partial charge on any atom is 0.244 e. The van der Waals surface area contributed by atoms with Crippen molar-refractivity contribution in [3.8, 4) is 0 Å². The molecular formula is C18H25N5. The number of aryl methyl sites for hydroxylation is 1. The fourth-order valence-electron chi connectivity index (χ4n) is 2.97. The van der Waals surface area contributed by atoms with Crippen molar-refractivity contribution in [3.63, 3.8) is 0 Å². The molecule has 1 aromatic carbocycles. The van der Waals surface area contributed by atoms with Crippen molar-refractivity contribution in [2.75, 3.05) is 10.6 Å². The third-order valence-corrected chi connectivity index (χ3v) is 4.34. The van der Waals surface area contributed by atoms with E-state index in [0.29, 0.717) is 18.5 Å². The summed E-state index contributed by atoms with van der Waals surface area (Å²) in [7, 11) is 0. The minimum atomic E-state index is 0.513. The molecule has 0 bridgehead atoms. The van der Waals surface area contributed by atoms with Gasteiger partial charge in [-0.25, -0.2) is 0 Å². The second-order valence-electron chi connectivity index (χ2n) is 6.34. The van der Waals surface area contributed by atoms with Crippen LogP contribution in [0.4, 0.5) is 11.8 Å². The van der Waals surface area contributed by atoms with Crippen molar-refractivity contribution >= 4 is 11.8 Å². The molecule has 1 heterocycles. The summed E-state index contributed by atoms with van der Waals surface area (Å²) in [5.41, 5.74) is 2.47. The molecule has 1 aliphatic carbocycles. The second kappa shape index (κ2) is 7.90. The first-order chi connectivity index (χ1) is 11.3. The standard InChI is InChI=1S/C18H25N5/c1-14-8-10-15(11-9-14)12-19-18-22-17(13-20-23-18)21-16-6-4-2-3-5-7-16/h8-11,13,16H,2-7,12H2,1H3,(H2,19,21,22,23). The first-order valence-corrected chi connectivity index (χ1v) is 8.55. The molecule has 3 rings (SSSR count). The summed E-state index contributed by atoms with van der Waals surface area (Å²) in [6.45, 7) is 2.79. The van der Waals surface area contributed by atoms with Crippen LogP contribution in [-0.4, -0.2) is 21.2 Å². The third kappa shape index (κ3) is 4.91. The molecule has 2 aromatic rings. The van der Waals surface area contributed by atoms with Crippen molar-refractivity contribution in [1.29, 1.82) is 0 Å². The highest BCUT2D eigenvalue weighted by Gasteiger charge is 2.13. The zero-order valence-corrected chi connectivity index (χ0v) is 13.8. The van der Waals surface area contributed by atoms with E-state index in [1.807, 2.05) is 0 Å². The van der Waals surface area contributed by atoms with Crippen molar-refractivity contribution in [3.05, 3.63) is 41.6 Å². The number of hydrogen-bond donors (Lipinski definition) is 2. The third-order valence-electron chi connectivity index (χ3n) is 4.34. The molecule has 2 N–H and O–H groups in total. The van der Waals surface area contributed by atoms with E-state index in [0.717, 1.165) is 5.82 Å². The van der Waals surface area contributed by atoms with E-state index >= 15 is 0 Å². The molecule has 1 aromatic heterocycles. The second-order valence-corrected chi connectivity index (χ2v) is 6.34. The highest BCUT2D eigenvalue weighted by atomic mass is 15.3. The summed E-state index contributed by atoms with van der Waals surface area (Å²) < 4.78 is 0. The molecule has 0 amide bonds. The quantitative estimate of drug-likeness (QED) is 0.819. The van der Waals surface area contributed by atoms with Gasteiger partial charge in [-0.05, 0) is 25.3 Å². The molecular weight excluding hydrogens is 286 g/mol. The van der Waals surface area contributed by atoms with E-state index in [2.05, 4.69) is 57.0 Å². The lowest BCUT2D eigenvalue weighted by molar-refractivity contribution is 0.616. The van der Waals surface area contributed by atoms with Gasteiger partial charge in [-0.15, -0.1) is 5.10 Å². The Hall–Kier alpha value is -2.17. The van der Waals surface area contributed by atoms with Crippen LogP contribution >= 0.6 is 0 Å². The van der Waals surface area contributed by atoms with Crippen molar-refractivity contribution in [2.24, 2.45) is 0 Å². The smallest absolute Gasteiger partial charge is 0.244 e. The number of rotatable bonds is 5. The fourth-order valence-corrected chi connectivity index (χ4v) is 2.97. The monoisotopic (exact) mass is 311 g/mol. The summed E-state index contributed by atoms with van der Waals surface area (Å²) in [6, 6.07) is 8.96. The van der Waals surface area contributed by atoms with Crippen LogP contribution in [0.15, 0.2) is 30.5 Å². The highest BCUT2D eigenvalue weighted by molar-refractivity contribution is 5.38. The molecule has 0 unspecified atom stereocenters. The van der Waals surface area contributed by atoms with E-state index in [1.54, 1.807) is 6.20 Å². The SMILES string of the molecule is Cc1ccc(CNc2nncc(NC3CCCCCC3)n2)cc1. The minimum absolute atomic E-state index is 0.513. The van der Waals surface area contributed by atoms with Crippen LogP contribution in [0, 0.1) is 6.92 Å². The van der Waals surface area contributed by atoms with Crippen LogP contribution in [-0.2, 0) is 6.54 Å². The lowest BCUT2D eigenvalue weighted by Gasteiger charge is -2.16. The topological polar surface area (TPSA) is 62.7 Å². The van der Waals surface area contributed by atoms with Gasteiger partial charge >= 0.3 is 0 Å². The Balaban J connectivity index is 1.57. The normalized spacial score (nSPS) is 15.9. The first-order valence-electron chi connectivity index (χ1n) is 8.55. The summed E-state index contributed by atoms with van der Waals surface area (Å²) in [5.74, 6) is 1.39. The van der Waals surface area contributed by atoms with Gasteiger partial charge in [0.25, 0.3) is 0 Å². The summed E-state index contributed by atoms with van der Waals surface area (Å²) in [5, 5.41) is 14.9. The van der Waals surface area contributed by atoms with Crippen molar-refractivity contribution in [1.82, 2.24) is 15.2 Å². The van der Waals surface area contributed by atoms with Crippen molar-refractivity contribution in [2.45, 2.75) is 58.0 Å². The van der Waals surface area contributed by atoms with Gasteiger partial charge in [0.05, 0.1) is 6.20 Å². The van der Waals surface area contributed by atoms with Crippen LogP contribution in [0.3, 0.4) is 0 Å². The lowest BCUT2D eigenvalue weighted by Crippen LogP contribution is -2.19. The van der Waals surface area contributed by atoms with E-state index in [1.165, 1.54) is 49.7 Å². The van der Waals surface area contributed by atoms with Crippen LogP contribution < -0.4 is 10.6 Å². The highest BCUT2D eigenvalue weighted by Crippen LogP contribution is 2.20. The maximum atomic E-state index is 4.53. The van der Waals surface area contributed by atoms with E-state index in [4.69, 9.17) is 0 Å². The zero-order chi connectivity index (χ0) is 15.9. The minimum Gasteiger partial charge on any atom is -0.366 e. The number of benzene rings is 1. The summed E-state index contributed by atoms with van der Waals surface area (Å²) in [4.78, 5) is 4.53. The summed E-state index contributed by atoms with van der Waals surface area (Å²) >= 11 is 0. The van der Waals surface area contributed by atoms with Gasteiger partial charge in [-0.1, -0.05) is 55.5 Å². The van der Waals surface area contributed by atoms with E-state index in [9.17, 15) is 0 Å². The molecule has 5 nitrogen and oxygen atoms in total. The van der Waals surface area contributed by atoms with E-state index in [-0.39, 0.29) is 0 Å². The molecule has 1 aliphatic rings. The zero-order valence-electron chi connectivity index (χ0n) is 13.8. The maximum absolute atomic E-state index is 4.53.